The number of ether oxygens (including phenoxy) is 1. The van der Waals surface area contributed by atoms with Crippen molar-refractivity contribution < 1.29 is 9.53 Å². The lowest BCUT2D eigenvalue weighted by atomic mass is 9.91. The predicted octanol–water partition coefficient (Wildman–Crippen LogP) is 24.2. The van der Waals surface area contributed by atoms with E-state index in [1.54, 1.807) is 0 Å². The molecule has 0 aromatic carbocycles. The highest BCUT2D eigenvalue weighted by Crippen LogP contribution is 2.23. The van der Waals surface area contributed by atoms with E-state index in [0.717, 1.165) is 114 Å². The summed E-state index contributed by atoms with van der Waals surface area (Å²) in [6.07, 6.45) is 59.9. The smallest absolute Gasteiger partial charge is 0.306 e. The van der Waals surface area contributed by atoms with Gasteiger partial charge in [-0.1, -0.05) is 195 Å². The first-order valence-electron chi connectivity index (χ1n) is 30.6. The lowest BCUT2D eigenvalue weighted by Crippen LogP contribution is -2.04. The Morgan fingerprint density at radius 3 is 0.824 bits per heavy atom. The fraction of sp³-hybridized carbons (Fsp3) is 0.681. The van der Waals surface area contributed by atoms with Crippen molar-refractivity contribution in [3.05, 3.63) is 128 Å². The van der Waals surface area contributed by atoms with Gasteiger partial charge in [0.1, 0.15) is 6.61 Å². The maximum Gasteiger partial charge on any atom is 0.306 e. The van der Waals surface area contributed by atoms with Crippen LogP contribution in [0.2, 0.25) is 0 Å². The van der Waals surface area contributed by atoms with Gasteiger partial charge >= 0.3 is 5.97 Å². The molecule has 0 radical (unpaired) electrons. The molecule has 0 amide bonds. The second-order valence-electron chi connectivity index (χ2n) is 24.2. The van der Waals surface area contributed by atoms with Crippen molar-refractivity contribution in [2.24, 2.45) is 17.8 Å². The van der Waals surface area contributed by atoms with E-state index in [4.69, 9.17) is 4.74 Å². The van der Waals surface area contributed by atoms with Gasteiger partial charge in [-0.15, -0.1) is 0 Å². The van der Waals surface area contributed by atoms with Crippen molar-refractivity contribution in [1.29, 1.82) is 0 Å². The van der Waals surface area contributed by atoms with Crippen LogP contribution in [0.3, 0.4) is 0 Å². The summed E-state index contributed by atoms with van der Waals surface area (Å²) in [5.41, 5.74) is 16.2. The molecule has 0 aliphatic carbocycles. The molecule has 0 saturated heterocycles. The molecule has 0 aliphatic heterocycles. The molecule has 0 rings (SSSR count). The number of hydrogen-bond donors (Lipinski definition) is 0. The summed E-state index contributed by atoms with van der Waals surface area (Å²) in [6.45, 7) is 37.0. The molecule has 0 aromatic rings. The van der Waals surface area contributed by atoms with Gasteiger partial charge in [0, 0.05) is 6.42 Å². The molecule has 0 spiro atoms. The van der Waals surface area contributed by atoms with E-state index < -0.39 is 0 Å². The normalized spacial score (nSPS) is 15.1. The Morgan fingerprint density at radius 2 is 0.541 bits per heavy atom. The summed E-state index contributed by atoms with van der Waals surface area (Å²) in [5, 5.41) is 0. The Kier molecular flexibility index (Phi) is 44.7. The topological polar surface area (TPSA) is 26.3 Å². The number of rotatable bonds is 44. The summed E-state index contributed by atoms with van der Waals surface area (Å²) in [4.78, 5) is 12.4. The number of esters is 1. The zero-order valence-electron chi connectivity index (χ0n) is 52.1. The van der Waals surface area contributed by atoms with Crippen molar-refractivity contribution in [3.63, 3.8) is 0 Å². The van der Waals surface area contributed by atoms with Gasteiger partial charge in [0.2, 0.25) is 0 Å². The van der Waals surface area contributed by atoms with E-state index in [1.165, 1.54) is 145 Å². The maximum atomic E-state index is 12.4. The largest absolute Gasteiger partial charge is 0.461 e. The Hall–Kier alpha value is -3.39. The third-order valence-corrected chi connectivity index (χ3v) is 15.0. The van der Waals surface area contributed by atoms with E-state index in [2.05, 4.69) is 178 Å². The van der Waals surface area contributed by atoms with Gasteiger partial charge in [0.15, 0.2) is 0 Å². The molecule has 2 nitrogen and oxygen atoms in total. The second kappa shape index (κ2) is 46.9. The van der Waals surface area contributed by atoms with Crippen molar-refractivity contribution in [3.8, 4) is 0 Å². The third-order valence-electron chi connectivity index (χ3n) is 15.0. The van der Waals surface area contributed by atoms with Crippen LogP contribution in [0.4, 0.5) is 0 Å². The van der Waals surface area contributed by atoms with Crippen molar-refractivity contribution in [1.82, 2.24) is 0 Å². The van der Waals surface area contributed by atoms with Gasteiger partial charge in [0.25, 0.3) is 0 Å². The number of hydrogen-bond acceptors (Lipinski definition) is 2. The first-order valence-corrected chi connectivity index (χ1v) is 30.6. The molecule has 74 heavy (non-hydrogen) atoms. The molecule has 2 atom stereocenters. The van der Waals surface area contributed by atoms with Crippen molar-refractivity contribution in [2.45, 2.75) is 297 Å². The van der Waals surface area contributed by atoms with Gasteiger partial charge in [0.05, 0.1) is 0 Å². The molecule has 0 heterocycles. The van der Waals surface area contributed by atoms with Crippen LogP contribution in [0.25, 0.3) is 0 Å². The van der Waals surface area contributed by atoms with Gasteiger partial charge in [-0.2, -0.15) is 0 Å². The Morgan fingerprint density at radius 1 is 0.297 bits per heavy atom. The second-order valence-corrected chi connectivity index (χ2v) is 24.2. The lowest BCUT2D eigenvalue weighted by Gasteiger charge is -2.15. The van der Waals surface area contributed by atoms with Crippen LogP contribution >= 0.6 is 0 Å². The average molecular weight is 1020 g/mol. The van der Waals surface area contributed by atoms with Gasteiger partial charge in [-0.05, 0) is 242 Å². The number of allylic oxidation sites excluding steroid dienone is 21. The van der Waals surface area contributed by atoms with Crippen LogP contribution in [0, 0.1) is 17.8 Å². The standard InChI is InChI=1S/C72H122O2/c1-58(2)30-17-32-60(5)34-19-36-62(7)38-21-39-63(8)40-22-41-64(9)42-23-43-65(10)44-24-45-66(11)46-25-47-67(12)48-26-49-68(13)50-27-51-70(15)54-29-55-72(73)74-57-56-71(16)53-28-52-69(14)37-20-35-61(6)33-18-31-59(3)4/h30,34,38,40,42,44,46,48,50,54,56,59,61,69H,17-29,31-33,35-37,39,41,43,45,47,49,51-53,55,57H2,1-16H3/b60-34+,62-38-,63-40+,64-42-,65-44+,66-46+,67-48+,68-50+,70-54-,71-56-/t61-,69-/m1/s1. The number of carbonyl (C=O) groups is 1. The summed E-state index contributed by atoms with van der Waals surface area (Å²) in [7, 11) is 0. The molecule has 0 saturated carbocycles. The minimum atomic E-state index is -0.0936. The van der Waals surface area contributed by atoms with E-state index in [1.807, 2.05) is 0 Å². The molecule has 0 bridgehead atoms. The maximum absolute atomic E-state index is 12.4. The zero-order chi connectivity index (χ0) is 55.4. The summed E-state index contributed by atoms with van der Waals surface area (Å²) < 4.78 is 5.54. The highest BCUT2D eigenvalue weighted by Gasteiger charge is 2.08. The van der Waals surface area contributed by atoms with Gasteiger partial charge < -0.3 is 4.74 Å². The molecular weight excluding hydrogens is 897 g/mol. The minimum Gasteiger partial charge on any atom is -0.461 e. The molecule has 0 fully saturated rings. The molecule has 422 valence electrons. The molecule has 2 heteroatoms. The van der Waals surface area contributed by atoms with Crippen LogP contribution in [0.15, 0.2) is 128 Å². The molecule has 0 aliphatic rings. The summed E-state index contributed by atoms with van der Waals surface area (Å²) >= 11 is 0. The first kappa shape index (κ1) is 70.6. The fourth-order valence-electron chi connectivity index (χ4n) is 9.47. The number of carbonyl (C=O) groups excluding carboxylic acids is 1. The van der Waals surface area contributed by atoms with Crippen molar-refractivity contribution in [2.75, 3.05) is 6.61 Å². The molecule has 0 aromatic heterocycles. The predicted molar refractivity (Wildman–Crippen MR) is 335 cm³/mol. The van der Waals surface area contributed by atoms with Gasteiger partial charge in [-0.3, -0.25) is 4.79 Å². The van der Waals surface area contributed by atoms with Crippen LogP contribution in [0.1, 0.15) is 297 Å². The fourth-order valence-corrected chi connectivity index (χ4v) is 9.47. The van der Waals surface area contributed by atoms with E-state index in [0.29, 0.717) is 13.0 Å². The summed E-state index contributed by atoms with van der Waals surface area (Å²) in [6, 6.07) is 0. The highest BCUT2D eigenvalue weighted by atomic mass is 16.5. The first-order chi connectivity index (χ1) is 35.2. The quantitative estimate of drug-likeness (QED) is 0.0449. The van der Waals surface area contributed by atoms with E-state index in [-0.39, 0.29) is 5.97 Å². The summed E-state index contributed by atoms with van der Waals surface area (Å²) in [5.74, 6) is 2.41. The molecular formula is C72H122O2. The van der Waals surface area contributed by atoms with Crippen LogP contribution < -0.4 is 0 Å². The Balaban J connectivity index is 4.23. The van der Waals surface area contributed by atoms with Gasteiger partial charge in [-0.25, -0.2) is 0 Å². The van der Waals surface area contributed by atoms with Crippen molar-refractivity contribution >= 4 is 5.97 Å². The Labute approximate surface area is 462 Å². The van der Waals surface area contributed by atoms with Crippen LogP contribution in [-0.2, 0) is 9.53 Å². The zero-order valence-corrected chi connectivity index (χ0v) is 52.1. The SMILES string of the molecule is CC(C)=CCC/C(C)=C/CC/C(C)=C\CC/C(C)=C/CC/C(C)=C\CC/C(C)=C/CC/C(C)=C/CC/C(C)=C/CC/C(C)=C/CC/C(C)=C\CCC(=O)OC/C=C(/C)CCC[C@H](C)CCC[C@H](C)CCCC(C)C. The van der Waals surface area contributed by atoms with Crippen LogP contribution in [0.5, 0.6) is 0 Å². The minimum absolute atomic E-state index is 0.0936. The van der Waals surface area contributed by atoms with Crippen LogP contribution in [-0.4, -0.2) is 12.6 Å². The monoisotopic (exact) mass is 1020 g/mol. The highest BCUT2D eigenvalue weighted by molar-refractivity contribution is 5.69. The Bertz CT molecular complexity index is 1830. The molecule has 0 N–H and O–H groups in total. The average Bonchev–Trinajstić information content (AvgIpc) is 3.31. The van der Waals surface area contributed by atoms with E-state index >= 15 is 0 Å². The molecule has 0 unspecified atom stereocenters. The van der Waals surface area contributed by atoms with E-state index in [9.17, 15) is 4.79 Å². The third kappa shape index (κ3) is 48.3. The lowest BCUT2D eigenvalue weighted by molar-refractivity contribution is -0.142.